The molecule has 0 amide bonds. The highest BCUT2D eigenvalue weighted by atomic mass is 15.2. The first-order valence-corrected chi connectivity index (χ1v) is 5.89. The minimum absolute atomic E-state index is 0.667. The molecule has 0 atom stereocenters. The molecule has 0 radical (unpaired) electrons. The normalized spacial score (nSPS) is 9.43. The Morgan fingerprint density at radius 1 is 0.786 bits per heavy atom. The average molecular weight is 204 g/mol. The largest absolute Gasteiger partial charge is 0.308 e. The van der Waals surface area contributed by atoms with Crippen LogP contribution in [0.3, 0.4) is 0 Å². The highest BCUT2D eigenvalue weighted by molar-refractivity contribution is 4.57. The van der Waals surface area contributed by atoms with Crippen LogP contribution in [0.15, 0.2) is 0 Å². The van der Waals surface area contributed by atoms with Crippen LogP contribution in [-0.2, 0) is 0 Å². The third kappa shape index (κ3) is 17.9. The van der Waals surface area contributed by atoms with Crippen LogP contribution in [0.4, 0.5) is 0 Å². The van der Waals surface area contributed by atoms with Gasteiger partial charge in [-0.1, -0.05) is 27.7 Å². The van der Waals surface area contributed by atoms with E-state index in [1.54, 1.807) is 0 Å². The zero-order valence-electron chi connectivity index (χ0n) is 11.9. The topological polar surface area (TPSA) is 6.48 Å². The van der Waals surface area contributed by atoms with Gasteiger partial charge in [-0.3, -0.25) is 0 Å². The molecule has 90 valence electrons. The summed E-state index contributed by atoms with van der Waals surface area (Å²) in [6.07, 6.45) is 0. The van der Waals surface area contributed by atoms with Gasteiger partial charge in [-0.2, -0.15) is 0 Å². The molecule has 0 rings (SSSR count). The lowest BCUT2D eigenvalue weighted by molar-refractivity contribution is 0.241. The summed E-state index contributed by atoms with van der Waals surface area (Å²) in [4.78, 5) is 4.55. The van der Waals surface area contributed by atoms with E-state index in [1.807, 2.05) is 27.7 Å². The number of likely N-dealkylation sites (N-methyl/N-ethyl adjacent to an activating group) is 2. The van der Waals surface area contributed by atoms with Crippen molar-refractivity contribution in [1.82, 2.24) is 9.80 Å². The Morgan fingerprint density at radius 3 is 1.36 bits per heavy atom. The van der Waals surface area contributed by atoms with E-state index in [-0.39, 0.29) is 0 Å². The summed E-state index contributed by atoms with van der Waals surface area (Å²) in [6.45, 7) is 14.7. The molecule has 0 unspecified atom stereocenters. The first kappa shape index (κ1) is 19.5. The molecule has 0 aliphatic rings. The summed E-state index contributed by atoms with van der Waals surface area (Å²) >= 11 is 0. The smallest absolute Gasteiger partial charge is 0.0109 e. The predicted molar refractivity (Wildman–Crippen MR) is 69.0 cm³/mol. The average Bonchev–Trinajstić information content (AvgIpc) is 2.20. The van der Waals surface area contributed by atoms with E-state index in [9.17, 15) is 0 Å². The Balaban J connectivity index is -0.000000266. The van der Waals surface area contributed by atoms with Gasteiger partial charge in [0.15, 0.2) is 0 Å². The number of hydrogen-bond acceptors (Lipinski definition) is 2. The maximum absolute atomic E-state index is 2.35. The summed E-state index contributed by atoms with van der Waals surface area (Å²) in [5.41, 5.74) is 0. The maximum Gasteiger partial charge on any atom is 0.0109 e. The van der Waals surface area contributed by atoms with Gasteiger partial charge < -0.3 is 9.80 Å². The van der Waals surface area contributed by atoms with Crippen molar-refractivity contribution < 1.29 is 0 Å². The Labute approximate surface area is 92.3 Å². The summed E-state index contributed by atoms with van der Waals surface area (Å²) in [5, 5.41) is 0. The molecule has 0 bridgehead atoms. The fourth-order valence-electron chi connectivity index (χ4n) is 0.616. The van der Waals surface area contributed by atoms with Crippen LogP contribution in [0.2, 0.25) is 0 Å². The Bertz CT molecular complexity index is 80.4. The third-order valence-corrected chi connectivity index (χ3v) is 1.78. The quantitative estimate of drug-likeness (QED) is 0.695. The lowest BCUT2D eigenvalue weighted by atomic mass is 10.3. The van der Waals surface area contributed by atoms with Crippen molar-refractivity contribution in [3.63, 3.8) is 0 Å². The number of rotatable bonds is 4. The molecule has 0 heterocycles. The molecule has 0 saturated carbocycles. The van der Waals surface area contributed by atoms with Gasteiger partial charge in [-0.25, -0.2) is 0 Å². The zero-order chi connectivity index (χ0) is 12.1. The van der Waals surface area contributed by atoms with E-state index in [1.165, 1.54) is 0 Å². The second kappa shape index (κ2) is 15.4. The van der Waals surface area contributed by atoms with Crippen LogP contribution in [-0.4, -0.2) is 50.1 Å². The zero-order valence-corrected chi connectivity index (χ0v) is 11.9. The molecule has 0 saturated heterocycles. The second-order valence-corrected chi connectivity index (χ2v) is 3.38. The van der Waals surface area contributed by atoms with Gasteiger partial charge >= 0.3 is 0 Å². The van der Waals surface area contributed by atoms with Crippen LogP contribution in [0.5, 0.6) is 0 Å². The molecular weight excluding hydrogens is 172 g/mol. The Kier molecular flexibility index (Phi) is 21.4. The molecule has 0 aromatic rings. The fourth-order valence-corrected chi connectivity index (χ4v) is 0.616. The fraction of sp³-hybridized carbons (Fsp3) is 1.00. The van der Waals surface area contributed by atoms with Crippen LogP contribution in [0.25, 0.3) is 0 Å². The lowest BCUT2D eigenvalue weighted by Gasteiger charge is -2.22. The van der Waals surface area contributed by atoms with E-state index in [0.29, 0.717) is 6.04 Å². The predicted octanol–water partition coefficient (Wildman–Crippen LogP) is 2.94. The van der Waals surface area contributed by atoms with Crippen molar-refractivity contribution in [1.29, 1.82) is 0 Å². The molecule has 0 spiro atoms. The maximum atomic E-state index is 2.35. The Hall–Kier alpha value is -0.0800. The Morgan fingerprint density at radius 2 is 1.14 bits per heavy atom. The van der Waals surface area contributed by atoms with Gasteiger partial charge in [0.1, 0.15) is 0 Å². The van der Waals surface area contributed by atoms with E-state index in [0.717, 1.165) is 13.1 Å². The number of nitrogens with zero attached hydrogens (tertiary/aromatic N) is 2. The first-order valence-electron chi connectivity index (χ1n) is 5.89. The SMILES string of the molecule is CC.CC.CC(C)N(C)CCN(C)C. The van der Waals surface area contributed by atoms with Gasteiger partial charge in [0.2, 0.25) is 0 Å². The summed E-state index contributed by atoms with van der Waals surface area (Å²) in [5.74, 6) is 0. The van der Waals surface area contributed by atoms with Crippen molar-refractivity contribution in [3.05, 3.63) is 0 Å². The summed E-state index contributed by atoms with van der Waals surface area (Å²) in [6, 6.07) is 0.667. The lowest BCUT2D eigenvalue weighted by Crippen LogP contribution is -2.33. The molecule has 0 aromatic heterocycles. The minimum atomic E-state index is 0.667. The molecular formula is C12H32N2. The number of hydrogen-bond donors (Lipinski definition) is 0. The van der Waals surface area contributed by atoms with Crippen LogP contribution >= 0.6 is 0 Å². The van der Waals surface area contributed by atoms with Gasteiger partial charge in [0.25, 0.3) is 0 Å². The molecule has 0 aromatic carbocycles. The van der Waals surface area contributed by atoms with E-state index in [4.69, 9.17) is 0 Å². The monoisotopic (exact) mass is 204 g/mol. The molecule has 0 fully saturated rings. The van der Waals surface area contributed by atoms with Crippen LogP contribution in [0.1, 0.15) is 41.5 Å². The summed E-state index contributed by atoms with van der Waals surface area (Å²) in [7, 11) is 6.37. The molecule has 2 heteroatoms. The van der Waals surface area contributed by atoms with Crippen molar-refractivity contribution in [2.45, 2.75) is 47.6 Å². The molecule has 0 N–H and O–H groups in total. The van der Waals surface area contributed by atoms with Gasteiger partial charge in [0, 0.05) is 19.1 Å². The van der Waals surface area contributed by atoms with E-state index in [2.05, 4.69) is 44.8 Å². The molecule has 14 heavy (non-hydrogen) atoms. The highest BCUT2D eigenvalue weighted by Crippen LogP contribution is 1.91. The molecule has 2 nitrogen and oxygen atoms in total. The van der Waals surface area contributed by atoms with E-state index < -0.39 is 0 Å². The third-order valence-electron chi connectivity index (χ3n) is 1.78. The summed E-state index contributed by atoms with van der Waals surface area (Å²) < 4.78 is 0. The minimum Gasteiger partial charge on any atom is -0.308 e. The first-order chi connectivity index (χ1) is 6.54. The van der Waals surface area contributed by atoms with Crippen LogP contribution < -0.4 is 0 Å². The standard InChI is InChI=1S/C8H20N2.2C2H6/c1-8(2)10(5)7-6-9(3)4;2*1-2/h8H,6-7H2,1-5H3;2*1-2H3. The van der Waals surface area contributed by atoms with Gasteiger partial charge in [0.05, 0.1) is 0 Å². The van der Waals surface area contributed by atoms with Gasteiger partial charge in [-0.15, -0.1) is 0 Å². The van der Waals surface area contributed by atoms with Crippen molar-refractivity contribution in [3.8, 4) is 0 Å². The van der Waals surface area contributed by atoms with Crippen LogP contribution in [0, 0.1) is 0 Å². The second-order valence-electron chi connectivity index (χ2n) is 3.38. The van der Waals surface area contributed by atoms with Gasteiger partial charge in [-0.05, 0) is 35.0 Å². The van der Waals surface area contributed by atoms with Crippen molar-refractivity contribution in [2.24, 2.45) is 0 Å². The molecule has 0 aliphatic heterocycles. The van der Waals surface area contributed by atoms with Crippen molar-refractivity contribution >= 4 is 0 Å². The van der Waals surface area contributed by atoms with Crippen molar-refractivity contribution in [2.75, 3.05) is 34.2 Å². The molecule has 0 aliphatic carbocycles. The highest BCUT2D eigenvalue weighted by Gasteiger charge is 2.01. The van der Waals surface area contributed by atoms with E-state index >= 15 is 0 Å².